The molecule has 21 nitrogen and oxygen atoms in total. The first-order chi connectivity index (χ1) is 32.6. The lowest BCUT2D eigenvalue weighted by Gasteiger charge is -2.34. The van der Waals surface area contributed by atoms with Gasteiger partial charge < -0.3 is 43.7 Å². The van der Waals surface area contributed by atoms with Gasteiger partial charge in [0.15, 0.2) is 6.29 Å². The largest absolute Gasteiger partial charge is 0.508 e. The van der Waals surface area contributed by atoms with E-state index in [1.54, 1.807) is 77.9 Å². The maximum Gasteiger partial charge on any atom is 0.424 e. The average molecular weight is 988 g/mol. The van der Waals surface area contributed by atoms with Crippen molar-refractivity contribution in [2.24, 2.45) is 0 Å². The third-order valence-electron chi connectivity index (χ3n) is 10.9. The minimum Gasteiger partial charge on any atom is -0.508 e. The van der Waals surface area contributed by atoms with Gasteiger partial charge >= 0.3 is 24.2 Å². The van der Waals surface area contributed by atoms with Crippen molar-refractivity contribution in [3.8, 4) is 11.5 Å². The highest BCUT2D eigenvalue weighted by molar-refractivity contribution is 6.18. The van der Waals surface area contributed by atoms with Crippen LogP contribution in [-0.2, 0) is 38.1 Å². The van der Waals surface area contributed by atoms with Crippen LogP contribution in [0.4, 0.5) is 30.6 Å². The molecule has 5 aliphatic rings. The lowest BCUT2D eigenvalue weighted by atomic mass is 10.0. The minimum atomic E-state index is -1.02. The number of phenolic OH excluding ortho intramolecular Hbond substituents is 1. The van der Waals surface area contributed by atoms with E-state index in [0.29, 0.717) is 52.5 Å². The van der Waals surface area contributed by atoms with E-state index in [2.05, 4.69) is 0 Å². The van der Waals surface area contributed by atoms with Crippen LogP contribution in [0.15, 0.2) is 48.5 Å². The molecule has 5 aliphatic heterocycles. The van der Waals surface area contributed by atoms with Crippen LogP contribution in [-0.4, -0.2) is 166 Å². The van der Waals surface area contributed by atoms with E-state index < -0.39 is 59.1 Å². The first kappa shape index (κ1) is 53.9. The Morgan fingerprint density at radius 3 is 1.54 bits per heavy atom. The quantitative estimate of drug-likeness (QED) is 0.217. The number of carbonyl (C=O) groups excluding carboxylic acids is 8. The molecule has 3 unspecified atom stereocenters. The summed E-state index contributed by atoms with van der Waals surface area (Å²) in [6.45, 7) is 12.7. The molecule has 22 heteroatoms. The van der Waals surface area contributed by atoms with Gasteiger partial charge in [-0.3, -0.25) is 29.0 Å². The van der Waals surface area contributed by atoms with Crippen LogP contribution >= 0.6 is 11.6 Å². The van der Waals surface area contributed by atoms with Crippen LogP contribution in [0.3, 0.4) is 0 Å². The summed E-state index contributed by atoms with van der Waals surface area (Å²) in [5.41, 5.74) is -0.498. The maximum atomic E-state index is 13.0. The number of nitrogens with zero attached hydrogens (tertiary/aromatic N) is 6. The first-order valence-electron chi connectivity index (χ1n) is 22.9. The fraction of sp³-hybridized carbons (Fsp3) is 0.574. The highest BCUT2D eigenvalue weighted by atomic mass is 35.5. The Morgan fingerprint density at radius 2 is 1.13 bits per heavy atom. The molecule has 2 aromatic rings. The van der Waals surface area contributed by atoms with Crippen molar-refractivity contribution in [3.63, 3.8) is 0 Å². The van der Waals surface area contributed by atoms with Gasteiger partial charge in [-0.15, -0.1) is 11.6 Å². The number of urea groups is 2. The van der Waals surface area contributed by atoms with Gasteiger partial charge in [0.1, 0.15) is 41.4 Å². The summed E-state index contributed by atoms with van der Waals surface area (Å²) in [6, 6.07) is 10.4. The minimum absolute atomic E-state index is 0.0208. The van der Waals surface area contributed by atoms with Gasteiger partial charge in [0.05, 0.1) is 13.2 Å². The van der Waals surface area contributed by atoms with Crippen molar-refractivity contribution in [1.82, 2.24) is 19.6 Å². The summed E-state index contributed by atoms with van der Waals surface area (Å²) in [6.07, 6.45) is 1.65. The van der Waals surface area contributed by atoms with Crippen molar-refractivity contribution < 1.29 is 72.3 Å². The second-order valence-electron chi connectivity index (χ2n) is 18.4. The number of halogens is 1. The smallest absolute Gasteiger partial charge is 0.424 e. The number of ether oxygens (including phenoxy) is 5. The van der Waals surface area contributed by atoms with Gasteiger partial charge in [-0.2, -0.15) is 9.80 Å². The molecule has 0 aliphatic carbocycles. The zero-order valence-electron chi connectivity index (χ0n) is 39.9. The second-order valence-corrected chi connectivity index (χ2v) is 18.8. The molecular formula is C47H63ClN6O15. The van der Waals surface area contributed by atoms with E-state index in [0.717, 1.165) is 13.0 Å². The molecule has 5 fully saturated rings. The number of aliphatic hydroxyl groups is 1. The number of amides is 10. The lowest BCUT2D eigenvalue weighted by molar-refractivity contribution is -0.158. The predicted octanol–water partition coefficient (Wildman–Crippen LogP) is 5.61. The van der Waals surface area contributed by atoms with Crippen LogP contribution in [0.2, 0.25) is 0 Å². The number of carbonyl (C=O) groups is 8. The molecule has 378 valence electrons. The zero-order valence-corrected chi connectivity index (χ0v) is 40.7. The molecule has 2 aromatic carbocycles. The van der Waals surface area contributed by atoms with E-state index in [1.807, 2.05) is 0 Å². The summed E-state index contributed by atoms with van der Waals surface area (Å²) < 4.78 is 26.3. The standard InChI is InChI=1S/C21H27N3O7.C19H23N3O6.C7H13ClO2/c1-21(2,3)31-20(29)24-17(26)9-8-16(18(24)27)23-11-10-22(19(23)28)14-4-6-15(7-5-14)30-13-12-25;1-19(2,3)28-18(27)22-15(24)9-8-14(16(22)25)21-11-10-20(17(21)26)12-4-6-13(23)7-5-12;8-4-6-10-7-3-1-2-5-9-7/h4-7,16,25H,8-13H2,1-3H3;4-7,14,23H,8-11H2,1-3H3;7H,1-6H2. The number of hydrogen-bond acceptors (Lipinski definition) is 15. The summed E-state index contributed by atoms with van der Waals surface area (Å²) in [4.78, 5) is 108. The van der Waals surface area contributed by atoms with Gasteiger partial charge in [-0.25, -0.2) is 19.2 Å². The SMILES string of the molecule is CC(C)(C)OC(=O)N1C(=O)CCC(N2CCN(c3ccc(O)cc3)C2=O)C1=O.CC(C)(C)OC(=O)N1C(=O)CCC(N2CCN(c3ccc(OCCO)cc3)C2=O)C1=O.ClCCOC1CCCCO1. The summed E-state index contributed by atoms with van der Waals surface area (Å²) in [7, 11) is 0. The second kappa shape index (κ2) is 24.0. The number of rotatable bonds is 10. The number of phenols is 1. The molecule has 5 heterocycles. The zero-order chi connectivity index (χ0) is 50.6. The molecule has 7 rings (SSSR count). The van der Waals surface area contributed by atoms with Crippen LogP contribution in [0.25, 0.3) is 0 Å². The topological polar surface area (TPSA) is 243 Å². The Hall–Kier alpha value is -6.03. The van der Waals surface area contributed by atoms with Crippen molar-refractivity contribution in [2.75, 3.05) is 68.3 Å². The van der Waals surface area contributed by atoms with Gasteiger partial charge in [0.2, 0.25) is 11.8 Å². The van der Waals surface area contributed by atoms with Crippen molar-refractivity contribution in [2.45, 2.75) is 116 Å². The number of imide groups is 6. The molecule has 10 amide bonds. The molecule has 0 bridgehead atoms. The highest BCUT2D eigenvalue weighted by Crippen LogP contribution is 2.30. The monoisotopic (exact) mass is 986 g/mol. The number of alkyl halides is 1. The van der Waals surface area contributed by atoms with Crippen molar-refractivity contribution >= 4 is 70.9 Å². The van der Waals surface area contributed by atoms with E-state index in [1.165, 1.54) is 44.6 Å². The fourth-order valence-electron chi connectivity index (χ4n) is 7.81. The fourth-order valence-corrected chi connectivity index (χ4v) is 7.90. The van der Waals surface area contributed by atoms with Gasteiger partial charge in [-0.05, 0) is 122 Å². The van der Waals surface area contributed by atoms with E-state index in [4.69, 9.17) is 40.4 Å². The Bertz CT molecular complexity index is 2160. The average Bonchev–Trinajstić information content (AvgIpc) is 3.86. The molecule has 0 spiro atoms. The number of anilines is 2. The lowest BCUT2D eigenvalue weighted by Crippen LogP contribution is -2.57. The molecule has 5 saturated heterocycles. The number of piperidine rings is 2. The van der Waals surface area contributed by atoms with E-state index >= 15 is 0 Å². The van der Waals surface area contributed by atoms with E-state index in [9.17, 15) is 43.5 Å². The molecule has 2 N–H and O–H groups in total. The number of aliphatic hydroxyl groups excluding tert-OH is 1. The maximum absolute atomic E-state index is 13.0. The molecule has 0 saturated carbocycles. The van der Waals surface area contributed by atoms with E-state index in [-0.39, 0.29) is 76.1 Å². The summed E-state index contributed by atoms with van der Waals surface area (Å²) in [5.74, 6) is -1.54. The third-order valence-corrected chi connectivity index (χ3v) is 11.1. The van der Waals surface area contributed by atoms with Gasteiger partial charge in [-0.1, -0.05) is 0 Å². The van der Waals surface area contributed by atoms with Crippen LogP contribution in [0.1, 0.15) is 86.5 Å². The summed E-state index contributed by atoms with van der Waals surface area (Å²) >= 11 is 5.44. The van der Waals surface area contributed by atoms with Gasteiger partial charge in [0.25, 0.3) is 11.8 Å². The van der Waals surface area contributed by atoms with Crippen molar-refractivity contribution in [3.05, 3.63) is 48.5 Å². The van der Waals surface area contributed by atoms with Crippen LogP contribution in [0.5, 0.6) is 11.5 Å². The predicted molar refractivity (Wildman–Crippen MR) is 249 cm³/mol. The number of likely N-dealkylation sites (tertiary alicyclic amines) is 2. The summed E-state index contributed by atoms with van der Waals surface area (Å²) in [5, 5.41) is 18.2. The first-order valence-corrected chi connectivity index (χ1v) is 23.4. The van der Waals surface area contributed by atoms with Crippen LogP contribution < -0.4 is 14.5 Å². The molecule has 69 heavy (non-hydrogen) atoms. The van der Waals surface area contributed by atoms with Crippen molar-refractivity contribution in [1.29, 1.82) is 0 Å². The van der Waals surface area contributed by atoms with Gasteiger partial charge in [0, 0.05) is 62.9 Å². The Balaban J connectivity index is 0.000000215. The highest BCUT2D eigenvalue weighted by Gasteiger charge is 2.48. The Morgan fingerprint density at radius 1 is 0.667 bits per heavy atom. The third kappa shape index (κ3) is 14.5. The molecule has 3 atom stereocenters. The number of aromatic hydroxyl groups is 1. The number of hydrogen-bond donors (Lipinski definition) is 2. The Labute approximate surface area is 406 Å². The number of benzene rings is 2. The normalized spacial score (nSPS) is 21.2. The molecule has 0 radical (unpaired) electrons. The van der Waals surface area contributed by atoms with Crippen LogP contribution in [0, 0.1) is 0 Å². The Kier molecular flexibility index (Phi) is 18.8. The molecular weight excluding hydrogens is 924 g/mol. The molecule has 0 aromatic heterocycles.